The van der Waals surface area contributed by atoms with Gasteiger partial charge in [0.2, 0.25) is 0 Å². The van der Waals surface area contributed by atoms with Crippen molar-refractivity contribution in [1.29, 1.82) is 0 Å². The molecule has 0 unspecified atom stereocenters. The predicted molar refractivity (Wildman–Crippen MR) is 99.2 cm³/mol. The molecule has 0 aromatic heterocycles. The van der Waals surface area contributed by atoms with Crippen molar-refractivity contribution < 1.29 is 9.72 Å². The topological polar surface area (TPSA) is 75.5 Å². The standard InChI is InChI=1S/C19H23N3O3/c1-4-14-5-8-16(9-6-14)19(21(2)3)12-20-17-10-7-15(13-23)11-18(17)22(24)25/h5-11,13,19-20H,4,12H2,1-3H3/t19-/m0/s1. The normalized spacial score (nSPS) is 12.0. The van der Waals surface area contributed by atoms with Crippen LogP contribution in [0.3, 0.4) is 0 Å². The lowest BCUT2D eigenvalue weighted by molar-refractivity contribution is -0.384. The van der Waals surface area contributed by atoms with Crippen molar-refractivity contribution in [3.63, 3.8) is 0 Å². The van der Waals surface area contributed by atoms with Crippen LogP contribution >= 0.6 is 0 Å². The first-order valence-electron chi connectivity index (χ1n) is 8.19. The summed E-state index contributed by atoms with van der Waals surface area (Å²) in [5.41, 5.74) is 3.02. The van der Waals surface area contributed by atoms with Gasteiger partial charge in [-0.25, -0.2) is 0 Å². The van der Waals surface area contributed by atoms with E-state index in [1.54, 1.807) is 12.1 Å². The molecule has 6 heteroatoms. The Morgan fingerprint density at radius 1 is 1.20 bits per heavy atom. The van der Waals surface area contributed by atoms with E-state index in [4.69, 9.17) is 0 Å². The molecule has 0 radical (unpaired) electrons. The Bertz CT molecular complexity index is 742. The number of nitro groups is 1. The van der Waals surface area contributed by atoms with Crippen molar-refractivity contribution in [2.24, 2.45) is 0 Å². The Kier molecular flexibility index (Phi) is 6.25. The van der Waals surface area contributed by atoms with E-state index in [1.165, 1.54) is 11.6 Å². The van der Waals surface area contributed by atoms with Gasteiger partial charge in [0.05, 0.1) is 11.0 Å². The fraction of sp³-hybridized carbons (Fsp3) is 0.316. The molecule has 2 rings (SSSR count). The summed E-state index contributed by atoms with van der Waals surface area (Å²) >= 11 is 0. The van der Waals surface area contributed by atoms with Crippen LogP contribution in [0.25, 0.3) is 0 Å². The molecule has 132 valence electrons. The average molecular weight is 341 g/mol. The van der Waals surface area contributed by atoms with Gasteiger partial charge in [0.15, 0.2) is 0 Å². The molecule has 0 amide bonds. The van der Waals surface area contributed by atoms with Gasteiger partial charge in [-0.05, 0) is 43.8 Å². The van der Waals surface area contributed by atoms with E-state index in [9.17, 15) is 14.9 Å². The molecular weight excluding hydrogens is 318 g/mol. The first-order valence-corrected chi connectivity index (χ1v) is 8.19. The number of nitro benzene ring substituents is 1. The summed E-state index contributed by atoms with van der Waals surface area (Å²) in [4.78, 5) is 23.7. The molecule has 0 fully saturated rings. The van der Waals surface area contributed by atoms with Gasteiger partial charge in [0, 0.05) is 18.2 Å². The van der Waals surface area contributed by atoms with E-state index in [0.717, 1.165) is 12.0 Å². The quantitative estimate of drug-likeness (QED) is 0.450. The number of hydrogen-bond donors (Lipinski definition) is 1. The summed E-state index contributed by atoms with van der Waals surface area (Å²) in [7, 11) is 3.95. The third-order valence-electron chi connectivity index (χ3n) is 4.24. The van der Waals surface area contributed by atoms with Crippen LogP contribution in [-0.4, -0.2) is 36.7 Å². The van der Waals surface area contributed by atoms with E-state index in [-0.39, 0.29) is 17.3 Å². The smallest absolute Gasteiger partial charge is 0.293 e. The molecule has 0 heterocycles. The Labute approximate surface area is 147 Å². The molecule has 0 spiro atoms. The average Bonchev–Trinajstić information content (AvgIpc) is 2.62. The third kappa shape index (κ3) is 4.64. The van der Waals surface area contributed by atoms with Gasteiger partial charge < -0.3 is 10.2 Å². The first kappa shape index (κ1) is 18.6. The lowest BCUT2D eigenvalue weighted by atomic mass is 10.0. The molecule has 0 aliphatic carbocycles. The molecule has 0 saturated carbocycles. The van der Waals surface area contributed by atoms with Gasteiger partial charge in [-0.2, -0.15) is 0 Å². The molecule has 1 atom stereocenters. The van der Waals surface area contributed by atoms with Crippen LogP contribution in [0.4, 0.5) is 11.4 Å². The zero-order valence-electron chi connectivity index (χ0n) is 14.7. The Hall–Kier alpha value is -2.73. The highest BCUT2D eigenvalue weighted by molar-refractivity contribution is 5.79. The van der Waals surface area contributed by atoms with E-state index >= 15 is 0 Å². The van der Waals surface area contributed by atoms with Crippen LogP contribution < -0.4 is 5.32 Å². The van der Waals surface area contributed by atoms with E-state index in [2.05, 4.69) is 41.4 Å². The second-order valence-corrected chi connectivity index (χ2v) is 6.11. The highest BCUT2D eigenvalue weighted by Crippen LogP contribution is 2.27. The molecule has 0 bridgehead atoms. The van der Waals surface area contributed by atoms with Gasteiger partial charge in [-0.15, -0.1) is 0 Å². The number of hydrogen-bond acceptors (Lipinski definition) is 5. The van der Waals surface area contributed by atoms with E-state index < -0.39 is 4.92 Å². The van der Waals surface area contributed by atoms with Crippen molar-refractivity contribution >= 4 is 17.7 Å². The maximum atomic E-state index is 11.2. The summed E-state index contributed by atoms with van der Waals surface area (Å²) < 4.78 is 0. The minimum absolute atomic E-state index is 0.0660. The van der Waals surface area contributed by atoms with Crippen LogP contribution in [0.5, 0.6) is 0 Å². The highest BCUT2D eigenvalue weighted by atomic mass is 16.6. The molecule has 2 aromatic carbocycles. The molecular formula is C19H23N3O3. The van der Waals surface area contributed by atoms with Crippen LogP contribution in [0.2, 0.25) is 0 Å². The molecule has 0 aliphatic heterocycles. The summed E-state index contributed by atoms with van der Waals surface area (Å²) in [6, 6.07) is 12.9. The summed E-state index contributed by atoms with van der Waals surface area (Å²) in [5, 5.41) is 14.4. The lowest BCUT2D eigenvalue weighted by Gasteiger charge is -2.25. The van der Waals surface area contributed by atoms with Crippen LogP contribution in [0, 0.1) is 10.1 Å². The Morgan fingerprint density at radius 2 is 1.88 bits per heavy atom. The molecule has 2 aromatic rings. The summed E-state index contributed by atoms with van der Waals surface area (Å²) in [6.45, 7) is 2.63. The van der Waals surface area contributed by atoms with Crippen LogP contribution in [0.1, 0.15) is 34.5 Å². The number of carbonyl (C=O) groups is 1. The number of nitrogens with zero attached hydrogens (tertiary/aromatic N) is 2. The molecule has 25 heavy (non-hydrogen) atoms. The van der Waals surface area contributed by atoms with Gasteiger partial charge in [-0.1, -0.05) is 31.2 Å². The van der Waals surface area contributed by atoms with Crippen molar-refractivity contribution in [3.05, 3.63) is 69.3 Å². The fourth-order valence-electron chi connectivity index (χ4n) is 2.70. The number of anilines is 1. The second-order valence-electron chi connectivity index (χ2n) is 6.11. The van der Waals surface area contributed by atoms with E-state index in [1.807, 2.05) is 14.1 Å². The van der Waals surface area contributed by atoms with Crippen molar-refractivity contribution in [1.82, 2.24) is 4.90 Å². The van der Waals surface area contributed by atoms with E-state index in [0.29, 0.717) is 18.5 Å². The summed E-state index contributed by atoms with van der Waals surface area (Å²) in [6.07, 6.45) is 1.59. The zero-order chi connectivity index (χ0) is 18.4. The number of carbonyl (C=O) groups excluding carboxylic acids is 1. The minimum atomic E-state index is -0.476. The van der Waals surface area contributed by atoms with Crippen molar-refractivity contribution in [2.75, 3.05) is 26.0 Å². The number of aryl methyl sites for hydroxylation is 1. The maximum absolute atomic E-state index is 11.2. The van der Waals surface area contributed by atoms with Crippen molar-refractivity contribution in [2.45, 2.75) is 19.4 Å². The van der Waals surface area contributed by atoms with Gasteiger partial charge in [0.1, 0.15) is 12.0 Å². The zero-order valence-corrected chi connectivity index (χ0v) is 14.7. The number of aldehydes is 1. The predicted octanol–water partition coefficient (Wildman–Crippen LogP) is 3.68. The number of nitrogens with one attached hydrogen (secondary N) is 1. The molecule has 6 nitrogen and oxygen atoms in total. The SMILES string of the molecule is CCc1ccc([C@H](CNc2ccc(C=O)cc2[N+](=O)[O-])N(C)C)cc1. The van der Waals surface area contributed by atoms with Crippen LogP contribution in [0.15, 0.2) is 42.5 Å². The number of benzene rings is 2. The second kappa shape index (κ2) is 8.39. The third-order valence-corrected chi connectivity index (χ3v) is 4.24. The Morgan fingerprint density at radius 3 is 2.40 bits per heavy atom. The lowest BCUT2D eigenvalue weighted by Crippen LogP contribution is -2.27. The minimum Gasteiger partial charge on any atom is -0.378 e. The highest BCUT2D eigenvalue weighted by Gasteiger charge is 2.18. The first-order chi connectivity index (χ1) is 12.0. The van der Waals surface area contributed by atoms with Gasteiger partial charge >= 0.3 is 0 Å². The van der Waals surface area contributed by atoms with Gasteiger partial charge in [-0.3, -0.25) is 14.9 Å². The molecule has 0 aliphatic rings. The number of rotatable bonds is 8. The van der Waals surface area contributed by atoms with Gasteiger partial charge in [0.25, 0.3) is 5.69 Å². The summed E-state index contributed by atoms with van der Waals surface area (Å²) in [5.74, 6) is 0. The number of likely N-dealkylation sites (N-methyl/N-ethyl adjacent to an activating group) is 1. The molecule has 0 saturated heterocycles. The molecule has 1 N–H and O–H groups in total. The van der Waals surface area contributed by atoms with Crippen LogP contribution in [-0.2, 0) is 6.42 Å². The largest absolute Gasteiger partial charge is 0.378 e. The fourth-order valence-corrected chi connectivity index (χ4v) is 2.70. The van der Waals surface area contributed by atoms with Crippen molar-refractivity contribution in [3.8, 4) is 0 Å². The monoisotopic (exact) mass is 341 g/mol. The maximum Gasteiger partial charge on any atom is 0.293 e. The Balaban J connectivity index is 2.21.